The summed E-state index contributed by atoms with van der Waals surface area (Å²) in [4.78, 5) is 40.6. The maximum Gasteiger partial charge on any atom is 0.233 e. The summed E-state index contributed by atoms with van der Waals surface area (Å²) in [5, 5.41) is 0.883. The third-order valence-corrected chi connectivity index (χ3v) is 8.20. The Morgan fingerprint density at radius 3 is 2.46 bits per heavy atom. The second-order valence-electron chi connectivity index (χ2n) is 10.6. The van der Waals surface area contributed by atoms with Crippen molar-refractivity contribution in [3.05, 3.63) is 47.1 Å². The molecule has 9 heteroatoms. The molecule has 0 spiro atoms. The van der Waals surface area contributed by atoms with Gasteiger partial charge in [-0.05, 0) is 43.6 Å². The molecule has 0 bridgehead atoms. The quantitative estimate of drug-likeness (QED) is 0.271. The largest absolute Gasteiger partial charge is 0.353 e. The van der Waals surface area contributed by atoms with Gasteiger partial charge in [0.1, 0.15) is 11.0 Å². The number of piperazine rings is 1. The van der Waals surface area contributed by atoms with Crippen molar-refractivity contribution >= 4 is 41.0 Å². The average molecular weight is 544 g/mol. The summed E-state index contributed by atoms with van der Waals surface area (Å²) in [5.74, 6) is 2.36. The van der Waals surface area contributed by atoms with Crippen molar-refractivity contribution in [3.8, 4) is 0 Å². The molecule has 0 N–H and O–H groups in total. The van der Waals surface area contributed by atoms with Crippen LogP contribution in [0.15, 0.2) is 41.6 Å². The molecule has 1 aromatic heterocycles. The van der Waals surface area contributed by atoms with E-state index in [9.17, 15) is 9.59 Å². The fraction of sp³-hybridized carbons (Fsp3) is 0.571. The molecule has 0 aliphatic carbocycles. The van der Waals surface area contributed by atoms with Gasteiger partial charge < -0.3 is 14.7 Å². The summed E-state index contributed by atoms with van der Waals surface area (Å²) in [5.41, 5.74) is 1.37. The zero-order valence-electron chi connectivity index (χ0n) is 22.1. The van der Waals surface area contributed by atoms with Crippen molar-refractivity contribution < 1.29 is 9.59 Å². The number of likely N-dealkylation sites (tertiary alicyclic amines) is 1. The molecular formula is C28H38ClN5O2S. The number of aromatic nitrogens is 2. The van der Waals surface area contributed by atoms with Crippen molar-refractivity contribution in [3.63, 3.8) is 0 Å². The minimum atomic E-state index is 0.0937. The van der Waals surface area contributed by atoms with Crippen LogP contribution in [-0.2, 0) is 16.0 Å². The molecule has 200 valence electrons. The number of rotatable bonds is 8. The molecule has 2 aromatic rings. The number of benzene rings is 1. The van der Waals surface area contributed by atoms with Crippen molar-refractivity contribution in [2.75, 3.05) is 43.4 Å². The molecule has 37 heavy (non-hydrogen) atoms. The SMILES string of the molecule is CC(C)CC(=O)N1CCN(c2cc(Cl)nc(SCC(=O)N3CCC(Cc4ccccc4)CC3)n2)CC1C. The molecule has 2 amide bonds. The number of nitrogens with zero attached hydrogens (tertiary/aromatic N) is 5. The van der Waals surface area contributed by atoms with Crippen LogP contribution in [0, 0.1) is 11.8 Å². The molecule has 0 saturated carbocycles. The molecule has 2 aliphatic heterocycles. The van der Waals surface area contributed by atoms with Crippen LogP contribution in [0.5, 0.6) is 0 Å². The maximum atomic E-state index is 12.9. The first-order valence-electron chi connectivity index (χ1n) is 13.3. The van der Waals surface area contributed by atoms with Gasteiger partial charge in [-0.3, -0.25) is 9.59 Å². The first-order valence-corrected chi connectivity index (χ1v) is 14.7. The van der Waals surface area contributed by atoms with Gasteiger partial charge in [-0.15, -0.1) is 0 Å². The van der Waals surface area contributed by atoms with Gasteiger partial charge >= 0.3 is 0 Å². The van der Waals surface area contributed by atoms with Gasteiger partial charge in [0.2, 0.25) is 11.8 Å². The normalized spacial score (nSPS) is 18.9. The number of anilines is 1. The standard InChI is InChI=1S/C28H38ClN5O2S/c1-20(2)15-26(35)34-14-13-33(18-21(34)3)25-17-24(29)30-28(31-25)37-19-27(36)32-11-9-23(10-12-32)16-22-7-5-4-6-8-22/h4-8,17,20-21,23H,9-16,18-19H2,1-3H3. The highest BCUT2D eigenvalue weighted by atomic mass is 35.5. The number of hydrogen-bond acceptors (Lipinski definition) is 6. The predicted octanol–water partition coefficient (Wildman–Crippen LogP) is 4.79. The third kappa shape index (κ3) is 7.84. The molecule has 1 unspecified atom stereocenters. The van der Waals surface area contributed by atoms with Crippen LogP contribution in [0.2, 0.25) is 5.15 Å². The zero-order valence-corrected chi connectivity index (χ0v) is 23.7. The lowest BCUT2D eigenvalue weighted by Crippen LogP contribution is -2.54. The van der Waals surface area contributed by atoms with Crippen LogP contribution >= 0.6 is 23.4 Å². The highest BCUT2D eigenvalue weighted by Crippen LogP contribution is 2.26. The molecule has 1 aromatic carbocycles. The Morgan fingerprint density at radius 2 is 1.78 bits per heavy atom. The molecule has 7 nitrogen and oxygen atoms in total. The van der Waals surface area contributed by atoms with Crippen molar-refractivity contribution in [1.82, 2.24) is 19.8 Å². The molecule has 0 radical (unpaired) electrons. The minimum Gasteiger partial charge on any atom is -0.353 e. The first kappa shape index (κ1) is 27.7. The Hall–Kier alpha value is -2.32. The topological polar surface area (TPSA) is 69.6 Å². The molecule has 2 aliphatic rings. The number of halogens is 1. The van der Waals surface area contributed by atoms with Gasteiger partial charge in [0, 0.05) is 51.3 Å². The molecule has 3 heterocycles. The number of piperidine rings is 1. The lowest BCUT2D eigenvalue weighted by molar-refractivity contribution is -0.134. The minimum absolute atomic E-state index is 0.0937. The number of carbonyl (C=O) groups is 2. The van der Waals surface area contributed by atoms with Crippen LogP contribution in [0.4, 0.5) is 5.82 Å². The van der Waals surface area contributed by atoms with E-state index >= 15 is 0 Å². The van der Waals surface area contributed by atoms with Gasteiger partial charge in [0.15, 0.2) is 5.16 Å². The molecule has 1 atom stereocenters. The van der Waals surface area contributed by atoms with Crippen LogP contribution in [0.1, 0.15) is 45.6 Å². The average Bonchev–Trinajstić information content (AvgIpc) is 2.87. The van der Waals surface area contributed by atoms with E-state index in [1.165, 1.54) is 17.3 Å². The molecule has 2 fully saturated rings. The van der Waals surface area contributed by atoms with Gasteiger partial charge in [0.25, 0.3) is 0 Å². The maximum absolute atomic E-state index is 12.9. The first-order chi connectivity index (χ1) is 17.8. The van der Waals surface area contributed by atoms with Gasteiger partial charge in [-0.25, -0.2) is 9.97 Å². The Bertz CT molecular complexity index is 1060. The Morgan fingerprint density at radius 1 is 1.05 bits per heavy atom. The Labute approximate surface area is 230 Å². The van der Waals surface area contributed by atoms with E-state index in [4.69, 9.17) is 16.6 Å². The second kappa shape index (κ2) is 13.0. The van der Waals surface area contributed by atoms with Gasteiger partial charge in [0.05, 0.1) is 5.75 Å². The van der Waals surface area contributed by atoms with E-state index in [1.54, 1.807) is 6.07 Å². The second-order valence-corrected chi connectivity index (χ2v) is 11.9. The van der Waals surface area contributed by atoms with Gasteiger partial charge in [-0.2, -0.15) is 0 Å². The summed E-state index contributed by atoms with van der Waals surface area (Å²) >= 11 is 7.68. The van der Waals surface area contributed by atoms with E-state index in [0.717, 1.165) is 38.2 Å². The predicted molar refractivity (Wildman–Crippen MR) is 150 cm³/mol. The zero-order chi connectivity index (χ0) is 26.4. The van der Waals surface area contributed by atoms with Crippen molar-refractivity contribution in [1.29, 1.82) is 0 Å². The van der Waals surface area contributed by atoms with E-state index < -0.39 is 0 Å². The highest BCUT2D eigenvalue weighted by Gasteiger charge is 2.29. The fourth-order valence-electron chi connectivity index (χ4n) is 5.17. The number of amides is 2. The number of carbonyl (C=O) groups excluding carboxylic acids is 2. The lowest BCUT2D eigenvalue weighted by Gasteiger charge is -2.40. The number of hydrogen-bond donors (Lipinski definition) is 0. The van der Waals surface area contributed by atoms with Gasteiger partial charge in [-0.1, -0.05) is 67.5 Å². The summed E-state index contributed by atoms with van der Waals surface area (Å²) < 4.78 is 0. The van der Waals surface area contributed by atoms with E-state index in [0.29, 0.717) is 54.0 Å². The summed E-state index contributed by atoms with van der Waals surface area (Å²) in [6, 6.07) is 12.4. The summed E-state index contributed by atoms with van der Waals surface area (Å²) in [6.45, 7) is 9.87. The lowest BCUT2D eigenvalue weighted by atomic mass is 9.90. The number of thioether (sulfide) groups is 1. The molecular weight excluding hydrogens is 506 g/mol. The van der Waals surface area contributed by atoms with Crippen molar-refractivity contribution in [2.24, 2.45) is 11.8 Å². The third-order valence-electron chi connectivity index (χ3n) is 7.17. The molecule has 4 rings (SSSR count). The van der Waals surface area contributed by atoms with E-state index in [-0.39, 0.29) is 17.9 Å². The Kier molecular flexibility index (Phi) is 9.71. The highest BCUT2D eigenvalue weighted by molar-refractivity contribution is 7.99. The van der Waals surface area contributed by atoms with E-state index in [1.807, 2.05) is 15.9 Å². The summed E-state index contributed by atoms with van der Waals surface area (Å²) in [7, 11) is 0. The Balaban J connectivity index is 1.27. The van der Waals surface area contributed by atoms with E-state index in [2.05, 4.69) is 54.9 Å². The molecule has 2 saturated heterocycles. The van der Waals surface area contributed by atoms with Crippen LogP contribution < -0.4 is 4.90 Å². The van der Waals surface area contributed by atoms with Crippen molar-refractivity contribution in [2.45, 2.75) is 57.7 Å². The van der Waals surface area contributed by atoms with Crippen LogP contribution in [0.25, 0.3) is 0 Å². The fourth-order valence-corrected chi connectivity index (χ4v) is 6.15. The smallest absolute Gasteiger partial charge is 0.233 e. The van der Waals surface area contributed by atoms with Crippen LogP contribution in [-0.4, -0.2) is 76.1 Å². The van der Waals surface area contributed by atoms with Crippen LogP contribution in [0.3, 0.4) is 0 Å². The monoisotopic (exact) mass is 543 g/mol. The summed E-state index contributed by atoms with van der Waals surface area (Å²) in [6.07, 6.45) is 3.72.